The molecule has 2 aromatic carbocycles. The maximum atomic E-state index is 5.89. The smallest absolute Gasteiger partial charge is 0.144 e. The molecule has 0 amide bonds. The summed E-state index contributed by atoms with van der Waals surface area (Å²) in [6.45, 7) is 0.552. The lowest BCUT2D eigenvalue weighted by atomic mass is 10.2. The minimum absolute atomic E-state index is 0.552. The highest BCUT2D eigenvalue weighted by Gasteiger charge is 2.07. The van der Waals surface area contributed by atoms with Gasteiger partial charge in [0.2, 0.25) is 0 Å². The van der Waals surface area contributed by atoms with Gasteiger partial charge in [-0.25, -0.2) is 4.98 Å². The van der Waals surface area contributed by atoms with Crippen LogP contribution in [0, 0.1) is 0 Å². The SMILES string of the molecule is c1ccc(COc2cccc(-c3ncc4cnccn34)c2)cc1. The topological polar surface area (TPSA) is 39.4 Å². The summed E-state index contributed by atoms with van der Waals surface area (Å²) in [4.78, 5) is 8.61. The number of imidazole rings is 1. The zero-order chi connectivity index (χ0) is 15.5. The number of rotatable bonds is 4. The van der Waals surface area contributed by atoms with Gasteiger partial charge in [0, 0.05) is 18.0 Å². The molecule has 0 fully saturated rings. The van der Waals surface area contributed by atoms with Gasteiger partial charge in [0.15, 0.2) is 0 Å². The molecule has 0 spiro atoms. The zero-order valence-electron chi connectivity index (χ0n) is 12.5. The molecule has 0 bridgehead atoms. The van der Waals surface area contributed by atoms with Crippen LogP contribution in [0.3, 0.4) is 0 Å². The summed E-state index contributed by atoms with van der Waals surface area (Å²) in [6.07, 6.45) is 7.29. The van der Waals surface area contributed by atoms with Crippen LogP contribution in [0.5, 0.6) is 5.75 Å². The lowest BCUT2D eigenvalue weighted by Gasteiger charge is -2.08. The molecule has 4 aromatic rings. The molecule has 4 heteroatoms. The zero-order valence-corrected chi connectivity index (χ0v) is 12.5. The average molecular weight is 301 g/mol. The van der Waals surface area contributed by atoms with Crippen LogP contribution >= 0.6 is 0 Å². The Hall–Kier alpha value is -3.14. The van der Waals surface area contributed by atoms with Crippen LogP contribution in [0.15, 0.2) is 79.4 Å². The van der Waals surface area contributed by atoms with Crippen molar-refractivity contribution in [2.24, 2.45) is 0 Å². The van der Waals surface area contributed by atoms with Gasteiger partial charge in [-0.15, -0.1) is 0 Å². The molecule has 4 rings (SSSR count). The highest BCUT2D eigenvalue weighted by Crippen LogP contribution is 2.24. The van der Waals surface area contributed by atoms with E-state index in [1.54, 1.807) is 12.4 Å². The summed E-state index contributed by atoms with van der Waals surface area (Å²) >= 11 is 0. The molecule has 0 aliphatic heterocycles. The Labute approximate surface area is 134 Å². The van der Waals surface area contributed by atoms with Crippen molar-refractivity contribution in [1.29, 1.82) is 0 Å². The van der Waals surface area contributed by atoms with Crippen LogP contribution < -0.4 is 4.74 Å². The first kappa shape index (κ1) is 13.5. The molecule has 0 N–H and O–H groups in total. The van der Waals surface area contributed by atoms with Gasteiger partial charge in [-0.05, 0) is 17.7 Å². The maximum absolute atomic E-state index is 5.89. The minimum atomic E-state index is 0.552. The molecule has 0 aliphatic rings. The van der Waals surface area contributed by atoms with Crippen LogP contribution in [0.25, 0.3) is 16.9 Å². The molecule has 4 nitrogen and oxygen atoms in total. The predicted octanol–water partition coefficient (Wildman–Crippen LogP) is 3.98. The van der Waals surface area contributed by atoms with Gasteiger partial charge in [-0.1, -0.05) is 42.5 Å². The van der Waals surface area contributed by atoms with Crippen molar-refractivity contribution >= 4 is 5.52 Å². The second-order valence-corrected chi connectivity index (χ2v) is 5.26. The van der Waals surface area contributed by atoms with E-state index in [1.165, 1.54) is 0 Å². The third kappa shape index (κ3) is 2.79. The number of ether oxygens (including phenoxy) is 1. The number of hydrogen-bond acceptors (Lipinski definition) is 3. The van der Waals surface area contributed by atoms with Crippen LogP contribution in [-0.4, -0.2) is 14.4 Å². The number of aromatic nitrogens is 3. The van der Waals surface area contributed by atoms with Gasteiger partial charge in [0.1, 0.15) is 18.2 Å². The lowest BCUT2D eigenvalue weighted by Crippen LogP contribution is -1.95. The third-order valence-corrected chi connectivity index (χ3v) is 3.67. The van der Waals surface area contributed by atoms with E-state index in [0.29, 0.717) is 6.61 Å². The number of benzene rings is 2. The summed E-state index contributed by atoms with van der Waals surface area (Å²) in [7, 11) is 0. The molecular weight excluding hydrogens is 286 g/mol. The molecule has 112 valence electrons. The Morgan fingerprint density at radius 1 is 0.957 bits per heavy atom. The van der Waals surface area contributed by atoms with Crippen molar-refractivity contribution in [3.63, 3.8) is 0 Å². The Bertz CT molecular complexity index is 931. The van der Waals surface area contributed by atoms with Gasteiger partial charge < -0.3 is 4.74 Å². The highest BCUT2D eigenvalue weighted by molar-refractivity contribution is 5.63. The van der Waals surface area contributed by atoms with Gasteiger partial charge in [0.25, 0.3) is 0 Å². The monoisotopic (exact) mass is 301 g/mol. The molecule has 0 saturated carbocycles. The molecule has 2 aromatic heterocycles. The summed E-state index contributed by atoms with van der Waals surface area (Å²) in [5, 5.41) is 0. The van der Waals surface area contributed by atoms with E-state index in [0.717, 1.165) is 28.2 Å². The van der Waals surface area contributed by atoms with E-state index in [2.05, 4.69) is 22.1 Å². The number of nitrogens with zero attached hydrogens (tertiary/aromatic N) is 3. The van der Waals surface area contributed by atoms with Gasteiger partial charge in [-0.2, -0.15) is 0 Å². The Kier molecular flexibility index (Phi) is 3.48. The van der Waals surface area contributed by atoms with Gasteiger partial charge in [0.05, 0.1) is 17.9 Å². The lowest BCUT2D eigenvalue weighted by molar-refractivity contribution is 0.306. The fourth-order valence-corrected chi connectivity index (χ4v) is 2.53. The largest absolute Gasteiger partial charge is 0.489 e. The summed E-state index contributed by atoms with van der Waals surface area (Å²) < 4.78 is 7.91. The van der Waals surface area contributed by atoms with Gasteiger partial charge >= 0.3 is 0 Å². The van der Waals surface area contributed by atoms with Crippen LogP contribution in [0.1, 0.15) is 5.56 Å². The van der Waals surface area contributed by atoms with E-state index in [9.17, 15) is 0 Å². The first-order valence-corrected chi connectivity index (χ1v) is 7.44. The van der Waals surface area contributed by atoms with Crippen LogP contribution in [-0.2, 0) is 6.61 Å². The molecule has 0 saturated heterocycles. The Balaban J connectivity index is 1.61. The summed E-state index contributed by atoms with van der Waals surface area (Å²) in [5.74, 6) is 1.71. The summed E-state index contributed by atoms with van der Waals surface area (Å²) in [6, 6.07) is 18.1. The number of hydrogen-bond donors (Lipinski definition) is 0. The number of fused-ring (bicyclic) bond motifs is 1. The molecule has 2 heterocycles. The van der Waals surface area contributed by atoms with E-state index >= 15 is 0 Å². The van der Waals surface area contributed by atoms with E-state index in [-0.39, 0.29) is 0 Å². The first-order chi connectivity index (χ1) is 11.4. The van der Waals surface area contributed by atoms with E-state index in [4.69, 9.17) is 4.74 Å². The highest BCUT2D eigenvalue weighted by atomic mass is 16.5. The summed E-state index contributed by atoms with van der Waals surface area (Å²) in [5.41, 5.74) is 3.13. The molecule has 0 atom stereocenters. The molecule has 0 radical (unpaired) electrons. The van der Waals surface area contributed by atoms with Crippen molar-refractivity contribution < 1.29 is 4.74 Å². The van der Waals surface area contributed by atoms with Crippen molar-refractivity contribution in [2.75, 3.05) is 0 Å². The fraction of sp³-hybridized carbons (Fsp3) is 0.0526. The van der Waals surface area contributed by atoms with Crippen molar-refractivity contribution in [3.05, 3.63) is 84.9 Å². The Morgan fingerprint density at radius 3 is 2.78 bits per heavy atom. The minimum Gasteiger partial charge on any atom is -0.489 e. The second-order valence-electron chi connectivity index (χ2n) is 5.26. The van der Waals surface area contributed by atoms with Crippen molar-refractivity contribution in [2.45, 2.75) is 6.61 Å². The average Bonchev–Trinajstić information content (AvgIpc) is 3.05. The predicted molar refractivity (Wildman–Crippen MR) is 89.2 cm³/mol. The van der Waals surface area contributed by atoms with Gasteiger partial charge in [-0.3, -0.25) is 9.38 Å². The van der Waals surface area contributed by atoms with Crippen LogP contribution in [0.2, 0.25) is 0 Å². The Morgan fingerprint density at radius 2 is 1.87 bits per heavy atom. The quantitative estimate of drug-likeness (QED) is 0.572. The van der Waals surface area contributed by atoms with E-state index in [1.807, 2.05) is 59.3 Å². The standard InChI is InChI=1S/C19H15N3O/c1-2-5-15(6-3-1)14-23-18-8-4-7-16(11-18)19-21-13-17-12-20-9-10-22(17)19/h1-13H,14H2. The maximum Gasteiger partial charge on any atom is 0.144 e. The molecule has 0 aliphatic carbocycles. The molecular formula is C19H15N3O. The third-order valence-electron chi connectivity index (χ3n) is 3.67. The normalized spacial score (nSPS) is 10.8. The first-order valence-electron chi connectivity index (χ1n) is 7.44. The van der Waals surface area contributed by atoms with Crippen molar-refractivity contribution in [3.8, 4) is 17.1 Å². The van der Waals surface area contributed by atoms with Crippen molar-refractivity contribution in [1.82, 2.24) is 14.4 Å². The second kappa shape index (κ2) is 5.93. The van der Waals surface area contributed by atoms with Crippen LogP contribution in [0.4, 0.5) is 0 Å². The van der Waals surface area contributed by atoms with E-state index < -0.39 is 0 Å². The molecule has 0 unspecified atom stereocenters. The fourth-order valence-electron chi connectivity index (χ4n) is 2.53. The molecule has 23 heavy (non-hydrogen) atoms.